The third kappa shape index (κ3) is 10.5. The van der Waals surface area contributed by atoms with Crippen LogP contribution in [0.4, 0.5) is 20.1 Å². The zero-order chi connectivity index (χ0) is 43.2. The van der Waals surface area contributed by atoms with Gasteiger partial charge in [0, 0.05) is 97.1 Å². The van der Waals surface area contributed by atoms with Gasteiger partial charge in [0.05, 0.1) is 18.7 Å². The second-order valence-corrected chi connectivity index (χ2v) is 16.2. The number of piperidine rings is 2. The van der Waals surface area contributed by atoms with Crippen molar-refractivity contribution in [3.8, 4) is 0 Å². The number of nitrogens with one attached hydrogen (secondary N) is 1. The Labute approximate surface area is 354 Å². The Balaban J connectivity index is 0.940. The Bertz CT molecular complexity index is 2130. The molecule has 0 bridgehead atoms. The van der Waals surface area contributed by atoms with E-state index in [0.717, 1.165) is 36.1 Å². The van der Waals surface area contributed by atoms with Crippen LogP contribution in [0.15, 0.2) is 45.6 Å². The fraction of sp³-hybridized carbons (Fsp3) is 0.581. The van der Waals surface area contributed by atoms with E-state index >= 15 is 0 Å². The summed E-state index contributed by atoms with van der Waals surface area (Å²) in [6.45, 7) is 10.1. The molecule has 18 nitrogen and oxygen atoms in total. The minimum atomic E-state index is -1.12. The molecule has 0 saturated carbocycles. The van der Waals surface area contributed by atoms with Gasteiger partial charge in [-0.25, -0.2) is 19.2 Å². The van der Waals surface area contributed by atoms with Crippen LogP contribution in [0.25, 0.3) is 11.1 Å². The van der Waals surface area contributed by atoms with Crippen LogP contribution in [0.2, 0.25) is 0 Å². The van der Waals surface area contributed by atoms with Crippen LogP contribution in [0.3, 0.4) is 0 Å². The van der Waals surface area contributed by atoms with E-state index in [1.54, 1.807) is 29.8 Å². The number of esters is 1. The third-order valence-corrected chi connectivity index (χ3v) is 12.3. The number of oxazole rings is 1. The number of para-hydroxylation sites is 1. The van der Waals surface area contributed by atoms with Gasteiger partial charge in [0.15, 0.2) is 11.7 Å². The molecule has 2 aromatic carbocycles. The predicted molar refractivity (Wildman–Crippen MR) is 222 cm³/mol. The average Bonchev–Trinajstić information content (AvgIpc) is 3.42. The smallest absolute Gasteiger partial charge is 0.436 e. The summed E-state index contributed by atoms with van der Waals surface area (Å²) in [6.07, 6.45) is 0.0216. The Morgan fingerprint density at radius 1 is 0.852 bits per heavy atom. The van der Waals surface area contributed by atoms with Crippen LogP contribution < -0.4 is 11.1 Å². The van der Waals surface area contributed by atoms with Crippen molar-refractivity contribution in [3.05, 3.63) is 63.6 Å². The molecule has 7 rings (SSSR count). The molecule has 5 heterocycles. The number of fused-ring (bicyclic) bond motifs is 2. The number of hydrogen-bond donors (Lipinski definition) is 1. The number of aryl methyl sites for hydroxylation is 2. The zero-order valence-corrected chi connectivity index (χ0v) is 35.5. The highest BCUT2D eigenvalue weighted by molar-refractivity contribution is 5.91. The summed E-state index contributed by atoms with van der Waals surface area (Å²) in [5, 5.41) is 3.04. The maximum Gasteiger partial charge on any atom is 0.511 e. The van der Waals surface area contributed by atoms with E-state index in [0.29, 0.717) is 88.4 Å². The number of anilines is 1. The fourth-order valence-electron chi connectivity index (χ4n) is 9.06. The van der Waals surface area contributed by atoms with E-state index in [4.69, 9.17) is 23.4 Å². The van der Waals surface area contributed by atoms with Crippen molar-refractivity contribution < 1.29 is 47.3 Å². The van der Waals surface area contributed by atoms with Gasteiger partial charge >= 0.3 is 30.0 Å². The van der Waals surface area contributed by atoms with Gasteiger partial charge in [-0.1, -0.05) is 24.3 Å². The van der Waals surface area contributed by atoms with Gasteiger partial charge < -0.3 is 43.4 Å². The molecule has 3 aromatic rings. The molecule has 0 spiro atoms. The number of hydrogen-bond acceptors (Lipinski definition) is 13. The van der Waals surface area contributed by atoms with E-state index in [1.807, 2.05) is 47.1 Å². The molecule has 4 aliphatic heterocycles. The van der Waals surface area contributed by atoms with Crippen LogP contribution in [0.1, 0.15) is 56.2 Å². The average molecular weight is 848 g/mol. The van der Waals surface area contributed by atoms with Crippen molar-refractivity contribution in [1.82, 2.24) is 29.1 Å². The molecule has 1 unspecified atom stereocenters. The molecule has 2 atom stereocenters. The summed E-state index contributed by atoms with van der Waals surface area (Å²) in [6, 6.07) is 11.5. The van der Waals surface area contributed by atoms with Crippen molar-refractivity contribution in [2.24, 2.45) is 7.05 Å². The normalized spacial score (nSPS) is 19.4. The summed E-state index contributed by atoms with van der Waals surface area (Å²) in [5.74, 6) is -1.26. The molecule has 330 valence electrons. The summed E-state index contributed by atoms with van der Waals surface area (Å²) in [4.78, 5) is 87.3. The Morgan fingerprint density at radius 3 is 2.28 bits per heavy atom. The first-order valence-electron chi connectivity index (χ1n) is 21.3. The van der Waals surface area contributed by atoms with Gasteiger partial charge in [-0.15, -0.1) is 0 Å². The number of benzene rings is 2. The van der Waals surface area contributed by atoms with E-state index in [-0.39, 0.29) is 43.6 Å². The number of carbonyl (C=O) groups excluding carboxylic acids is 5. The number of amides is 4. The molecular formula is C43H57N7O11. The number of piperazine rings is 1. The lowest BCUT2D eigenvalue weighted by Crippen LogP contribution is -2.57. The van der Waals surface area contributed by atoms with Gasteiger partial charge in [-0.3, -0.25) is 24.0 Å². The number of likely N-dealkylation sites (tertiary alicyclic amines) is 2. The SMILES string of the molecule is CCOC(=O)OC(C)OC(=O)CN1CCC(N2CCN(C(=O)[C@@H](Cc3cc(C)c4c(c3)oc(=O)n4C)OC(=O)N3CCC(N4CCc5ccccc5NC4=O)CC3)CC2)CC1. The second-order valence-electron chi connectivity index (χ2n) is 16.2. The maximum absolute atomic E-state index is 14.3. The number of urea groups is 1. The largest absolute Gasteiger partial charge is 0.511 e. The third-order valence-electron chi connectivity index (χ3n) is 12.3. The Kier molecular flexibility index (Phi) is 13.8. The summed E-state index contributed by atoms with van der Waals surface area (Å²) in [5.41, 5.74) is 4.48. The highest BCUT2D eigenvalue weighted by atomic mass is 16.8. The lowest BCUT2D eigenvalue weighted by molar-refractivity contribution is -0.169. The molecular weight excluding hydrogens is 791 g/mol. The molecule has 1 N–H and O–H groups in total. The molecule has 3 saturated heterocycles. The summed E-state index contributed by atoms with van der Waals surface area (Å²) < 4.78 is 27.9. The first kappa shape index (κ1) is 43.5. The van der Waals surface area contributed by atoms with Crippen LogP contribution in [0.5, 0.6) is 0 Å². The first-order valence-corrected chi connectivity index (χ1v) is 21.3. The van der Waals surface area contributed by atoms with Crippen molar-refractivity contribution >= 4 is 46.9 Å². The molecule has 61 heavy (non-hydrogen) atoms. The van der Waals surface area contributed by atoms with Crippen LogP contribution >= 0.6 is 0 Å². The molecule has 1 aromatic heterocycles. The molecule has 4 aliphatic rings. The molecule has 3 fully saturated rings. The van der Waals surface area contributed by atoms with Crippen molar-refractivity contribution in [3.63, 3.8) is 0 Å². The van der Waals surface area contributed by atoms with Crippen LogP contribution in [-0.4, -0.2) is 156 Å². The minimum Gasteiger partial charge on any atom is -0.436 e. The number of aromatic nitrogens is 1. The van der Waals surface area contributed by atoms with Crippen LogP contribution in [0, 0.1) is 6.92 Å². The second kappa shape index (κ2) is 19.4. The summed E-state index contributed by atoms with van der Waals surface area (Å²) in [7, 11) is 1.64. The maximum atomic E-state index is 14.3. The topological polar surface area (TPSA) is 186 Å². The van der Waals surface area contributed by atoms with Crippen LogP contribution in [-0.2, 0) is 48.4 Å². The highest BCUT2D eigenvalue weighted by Gasteiger charge is 2.37. The number of nitrogens with zero attached hydrogens (tertiary/aromatic N) is 6. The van der Waals surface area contributed by atoms with Crippen molar-refractivity contribution in [1.29, 1.82) is 0 Å². The van der Waals surface area contributed by atoms with Gasteiger partial charge in [-0.2, -0.15) is 0 Å². The highest BCUT2D eigenvalue weighted by Crippen LogP contribution is 2.27. The monoisotopic (exact) mass is 847 g/mol. The lowest BCUT2D eigenvalue weighted by Gasteiger charge is -2.43. The minimum absolute atomic E-state index is 0.0425. The van der Waals surface area contributed by atoms with Gasteiger partial charge in [0.2, 0.25) is 6.29 Å². The predicted octanol–water partition coefficient (Wildman–Crippen LogP) is 3.71. The quantitative estimate of drug-likeness (QED) is 0.168. The zero-order valence-electron chi connectivity index (χ0n) is 35.5. The number of rotatable bonds is 11. The fourth-order valence-corrected chi connectivity index (χ4v) is 9.06. The van der Waals surface area contributed by atoms with Gasteiger partial charge in [-0.05, 0) is 74.8 Å². The van der Waals surface area contributed by atoms with Gasteiger partial charge in [0.25, 0.3) is 5.91 Å². The molecule has 0 aliphatic carbocycles. The lowest BCUT2D eigenvalue weighted by atomic mass is 10.0. The van der Waals surface area contributed by atoms with Crippen molar-refractivity contribution in [2.75, 3.05) is 77.4 Å². The standard InChI is InChI=1S/C43H57N7O11/c1-5-57-43(56)59-29(3)58-37(51)27-46-15-11-32(12-16-46)47-20-22-48(23-21-47)39(52)36(26-30-24-28(2)38-35(25-30)60-41(54)45(38)4)61-42(55)49-17-13-33(14-18-49)50-19-10-31-8-6-7-9-34(31)44-40(50)53/h6-9,24-25,29,32-33,36H,5,10-23,26-27H2,1-4H3,(H,44,53)/t29?,36-/m1/s1. The number of carbonyl (C=O) groups is 5. The van der Waals surface area contributed by atoms with E-state index in [2.05, 4.69) is 10.2 Å². The molecule has 18 heteroatoms. The molecule has 4 amide bonds. The van der Waals surface area contributed by atoms with Crippen molar-refractivity contribution in [2.45, 2.75) is 83.8 Å². The summed E-state index contributed by atoms with van der Waals surface area (Å²) >= 11 is 0. The molecule has 0 radical (unpaired) electrons. The Hall–Kier alpha value is -5.62. The van der Waals surface area contributed by atoms with E-state index < -0.39 is 36.4 Å². The number of ether oxygens (including phenoxy) is 4. The van der Waals surface area contributed by atoms with E-state index in [9.17, 15) is 28.8 Å². The first-order chi connectivity index (χ1) is 29.4. The Morgan fingerprint density at radius 2 is 1.56 bits per heavy atom. The van der Waals surface area contributed by atoms with E-state index in [1.165, 1.54) is 11.5 Å². The van der Waals surface area contributed by atoms with Gasteiger partial charge in [0.1, 0.15) is 0 Å².